The average Bonchev–Trinajstić information content (AvgIpc) is 3.31. The number of nitrogens with zero attached hydrogens (tertiary/aromatic N) is 2. The lowest BCUT2D eigenvalue weighted by atomic mass is 9.82. The molecule has 2 fully saturated rings. The van der Waals surface area contributed by atoms with Crippen LogP contribution in [0.5, 0.6) is 5.75 Å². The van der Waals surface area contributed by atoms with Crippen molar-refractivity contribution in [2.24, 2.45) is 0 Å². The molecule has 37 heavy (non-hydrogen) atoms. The van der Waals surface area contributed by atoms with Crippen molar-refractivity contribution in [1.29, 1.82) is 0 Å². The minimum absolute atomic E-state index is 0.0159. The number of amides is 1. The first-order chi connectivity index (χ1) is 17.7. The molecular weight excluding hydrogens is 472 g/mol. The second-order valence-electron chi connectivity index (χ2n) is 11.0. The second-order valence-corrected chi connectivity index (χ2v) is 11.0. The summed E-state index contributed by atoms with van der Waals surface area (Å²) < 4.78 is 17.9. The van der Waals surface area contributed by atoms with Crippen LogP contribution in [-0.2, 0) is 16.1 Å². The van der Waals surface area contributed by atoms with Gasteiger partial charge in [-0.15, -0.1) is 0 Å². The number of likely N-dealkylation sites (tertiary alicyclic amines) is 1. The number of ether oxygens (including phenoxy) is 3. The van der Waals surface area contributed by atoms with Crippen LogP contribution in [0.2, 0.25) is 0 Å². The summed E-state index contributed by atoms with van der Waals surface area (Å²) in [6.45, 7) is 6.36. The topological polar surface area (TPSA) is 91.1 Å². The summed E-state index contributed by atoms with van der Waals surface area (Å²) in [6, 6.07) is 16.9. The molecule has 2 aromatic rings. The SMILES string of the molecule is CC(C)(C)OC(=O)N1CCC([N+](=O)[O-])C1COC1CCC(c2ccccc2OCc2ccccc2)CC1. The highest BCUT2D eigenvalue weighted by molar-refractivity contribution is 5.69. The molecule has 0 aromatic heterocycles. The van der Waals surface area contributed by atoms with E-state index in [1.165, 1.54) is 10.5 Å². The van der Waals surface area contributed by atoms with Crippen LogP contribution < -0.4 is 4.74 Å². The van der Waals surface area contributed by atoms with E-state index >= 15 is 0 Å². The quantitative estimate of drug-likeness (QED) is 0.321. The van der Waals surface area contributed by atoms with Gasteiger partial charge in [0, 0.05) is 17.9 Å². The molecule has 8 nitrogen and oxygen atoms in total. The highest BCUT2D eigenvalue weighted by atomic mass is 16.6. The van der Waals surface area contributed by atoms with Gasteiger partial charge in [0.2, 0.25) is 6.04 Å². The zero-order chi connectivity index (χ0) is 26.4. The van der Waals surface area contributed by atoms with Gasteiger partial charge in [-0.25, -0.2) is 4.79 Å². The molecule has 0 radical (unpaired) electrons. The summed E-state index contributed by atoms with van der Waals surface area (Å²) in [5.74, 6) is 1.30. The van der Waals surface area contributed by atoms with Crippen LogP contribution >= 0.6 is 0 Å². The third-order valence-corrected chi connectivity index (χ3v) is 7.18. The van der Waals surface area contributed by atoms with Crippen LogP contribution in [0.25, 0.3) is 0 Å². The van der Waals surface area contributed by atoms with Crippen molar-refractivity contribution in [2.45, 2.75) is 89.2 Å². The molecule has 1 aliphatic carbocycles. The Kier molecular flexibility index (Phi) is 8.69. The molecule has 200 valence electrons. The first-order valence-corrected chi connectivity index (χ1v) is 13.2. The first kappa shape index (κ1) is 26.9. The summed E-state index contributed by atoms with van der Waals surface area (Å²) in [7, 11) is 0. The van der Waals surface area contributed by atoms with E-state index in [-0.39, 0.29) is 17.6 Å². The van der Waals surface area contributed by atoms with Gasteiger partial charge in [-0.1, -0.05) is 48.5 Å². The highest BCUT2D eigenvalue weighted by Gasteiger charge is 2.46. The Hall–Kier alpha value is -3.13. The average molecular weight is 511 g/mol. The fourth-order valence-corrected chi connectivity index (χ4v) is 5.29. The van der Waals surface area contributed by atoms with Crippen molar-refractivity contribution in [3.63, 3.8) is 0 Å². The third kappa shape index (κ3) is 7.22. The fraction of sp³-hybridized carbons (Fsp3) is 0.552. The molecule has 1 amide bonds. The lowest BCUT2D eigenvalue weighted by Crippen LogP contribution is -2.47. The molecule has 0 spiro atoms. The zero-order valence-corrected chi connectivity index (χ0v) is 22.0. The maximum Gasteiger partial charge on any atom is 0.410 e. The minimum Gasteiger partial charge on any atom is -0.489 e. The fourth-order valence-electron chi connectivity index (χ4n) is 5.29. The molecule has 1 heterocycles. The van der Waals surface area contributed by atoms with Gasteiger partial charge in [-0.3, -0.25) is 15.0 Å². The number of carbonyl (C=O) groups excluding carboxylic acids is 1. The Balaban J connectivity index is 1.32. The second kappa shape index (κ2) is 11.9. The van der Waals surface area contributed by atoms with E-state index in [1.54, 1.807) is 20.8 Å². The summed E-state index contributed by atoms with van der Waals surface area (Å²) in [4.78, 5) is 25.5. The van der Waals surface area contributed by atoms with Gasteiger partial charge >= 0.3 is 6.09 Å². The highest BCUT2D eigenvalue weighted by Crippen LogP contribution is 2.39. The van der Waals surface area contributed by atoms with Crippen LogP contribution in [-0.4, -0.2) is 52.9 Å². The van der Waals surface area contributed by atoms with Crippen LogP contribution in [0.15, 0.2) is 54.6 Å². The smallest absolute Gasteiger partial charge is 0.410 e. The van der Waals surface area contributed by atoms with Crippen LogP contribution in [0.4, 0.5) is 4.79 Å². The molecule has 0 N–H and O–H groups in total. The molecule has 1 saturated carbocycles. The van der Waals surface area contributed by atoms with Gasteiger partial charge in [0.1, 0.15) is 24.0 Å². The monoisotopic (exact) mass is 510 g/mol. The Morgan fingerprint density at radius 1 is 1.00 bits per heavy atom. The van der Waals surface area contributed by atoms with Crippen molar-refractivity contribution >= 4 is 6.09 Å². The normalized spacial score (nSPS) is 24.0. The molecule has 2 unspecified atom stereocenters. The largest absolute Gasteiger partial charge is 0.489 e. The summed E-state index contributed by atoms with van der Waals surface area (Å²) >= 11 is 0. The number of hydrogen-bond donors (Lipinski definition) is 0. The summed E-state index contributed by atoms with van der Waals surface area (Å²) in [5, 5.41) is 11.7. The number of hydrogen-bond acceptors (Lipinski definition) is 6. The molecule has 8 heteroatoms. The van der Waals surface area contributed by atoms with Gasteiger partial charge in [0.25, 0.3) is 0 Å². The maximum absolute atomic E-state index is 12.7. The molecule has 4 rings (SSSR count). The van der Waals surface area contributed by atoms with Gasteiger partial charge in [0.05, 0.1) is 12.7 Å². The molecule has 2 aliphatic rings. The lowest BCUT2D eigenvalue weighted by molar-refractivity contribution is -0.525. The minimum atomic E-state index is -0.836. The van der Waals surface area contributed by atoms with Crippen LogP contribution in [0, 0.1) is 10.1 Å². The molecule has 1 aliphatic heterocycles. The molecule has 1 saturated heterocycles. The summed E-state index contributed by atoms with van der Waals surface area (Å²) in [5.41, 5.74) is 1.70. The predicted octanol–water partition coefficient (Wildman–Crippen LogP) is 5.96. The number of benzene rings is 2. The Morgan fingerprint density at radius 3 is 2.35 bits per heavy atom. The van der Waals surface area contributed by atoms with Gasteiger partial charge in [-0.05, 0) is 69.6 Å². The standard InChI is InChI=1S/C29H38N2O6/c1-29(2,3)37-28(32)30-18-17-25(31(33)34)26(30)20-35-23-15-13-22(14-16-23)24-11-7-8-12-27(24)36-19-21-9-5-4-6-10-21/h4-12,22-23,25-26H,13-20H2,1-3H3. The lowest BCUT2D eigenvalue weighted by Gasteiger charge is -2.32. The van der Waals surface area contributed by atoms with E-state index in [4.69, 9.17) is 14.2 Å². The van der Waals surface area contributed by atoms with E-state index in [0.29, 0.717) is 25.5 Å². The first-order valence-electron chi connectivity index (χ1n) is 13.2. The molecule has 2 aromatic carbocycles. The van der Waals surface area contributed by atoms with Gasteiger partial charge in [-0.2, -0.15) is 0 Å². The van der Waals surface area contributed by atoms with Gasteiger partial charge < -0.3 is 14.2 Å². The van der Waals surface area contributed by atoms with E-state index in [1.807, 2.05) is 30.3 Å². The van der Waals surface area contributed by atoms with Crippen molar-refractivity contribution in [3.8, 4) is 5.75 Å². The number of rotatable bonds is 8. The van der Waals surface area contributed by atoms with Crippen molar-refractivity contribution < 1.29 is 23.9 Å². The van der Waals surface area contributed by atoms with Crippen molar-refractivity contribution in [3.05, 3.63) is 75.8 Å². The Morgan fingerprint density at radius 2 is 1.68 bits per heavy atom. The number of para-hydroxylation sites is 1. The molecule has 2 atom stereocenters. The molecule has 0 bridgehead atoms. The number of carbonyl (C=O) groups is 1. The van der Waals surface area contributed by atoms with E-state index in [9.17, 15) is 14.9 Å². The van der Waals surface area contributed by atoms with Crippen LogP contribution in [0.3, 0.4) is 0 Å². The van der Waals surface area contributed by atoms with Crippen molar-refractivity contribution in [2.75, 3.05) is 13.2 Å². The predicted molar refractivity (Wildman–Crippen MR) is 140 cm³/mol. The van der Waals surface area contributed by atoms with E-state index in [0.717, 1.165) is 37.0 Å². The maximum atomic E-state index is 12.7. The molecular formula is C29H38N2O6. The zero-order valence-electron chi connectivity index (χ0n) is 22.0. The van der Waals surface area contributed by atoms with E-state index in [2.05, 4.69) is 24.3 Å². The van der Waals surface area contributed by atoms with Crippen molar-refractivity contribution in [1.82, 2.24) is 4.90 Å². The third-order valence-electron chi connectivity index (χ3n) is 7.18. The Bertz CT molecular complexity index is 1050. The van der Waals surface area contributed by atoms with Crippen LogP contribution in [0.1, 0.15) is 69.9 Å². The van der Waals surface area contributed by atoms with Gasteiger partial charge in [0.15, 0.2) is 0 Å². The Labute approximate surface area is 219 Å². The van der Waals surface area contributed by atoms with E-state index < -0.39 is 23.8 Å². The number of nitro groups is 1. The summed E-state index contributed by atoms with van der Waals surface area (Å²) in [6.07, 6.45) is 3.45.